The Morgan fingerprint density at radius 1 is 1.00 bits per heavy atom. The summed E-state index contributed by atoms with van der Waals surface area (Å²) in [6, 6.07) is 25.2. The fraction of sp³-hybridized carbons (Fsp3) is 0.290. The van der Waals surface area contributed by atoms with Crippen molar-refractivity contribution in [2.24, 2.45) is 0 Å². The van der Waals surface area contributed by atoms with E-state index >= 15 is 0 Å². The molecule has 1 aliphatic carbocycles. The Hall–Kier alpha value is -3.84. The van der Waals surface area contributed by atoms with Gasteiger partial charge in [0.2, 0.25) is 0 Å². The lowest BCUT2D eigenvalue weighted by atomic mass is 9.82. The number of hydrogen-bond acceptors (Lipinski definition) is 3. The lowest BCUT2D eigenvalue weighted by Crippen LogP contribution is -2.51. The third-order valence-corrected chi connectivity index (χ3v) is 7.90. The summed E-state index contributed by atoms with van der Waals surface area (Å²) >= 11 is 0. The SMILES string of the molecule is Cc1ccc(C#N)cc1C1=CC2CCCC(C1)N2C(=O)OCC1c2ccccc2-c2ccccc21. The second-order valence-electron chi connectivity index (χ2n) is 9.90. The van der Waals surface area contributed by atoms with Gasteiger partial charge in [-0.1, -0.05) is 60.7 Å². The molecule has 3 aromatic rings. The van der Waals surface area contributed by atoms with E-state index in [1.165, 1.54) is 33.4 Å². The Bertz CT molecular complexity index is 1340. The maximum absolute atomic E-state index is 13.4. The van der Waals surface area contributed by atoms with Gasteiger partial charge in [-0.3, -0.25) is 4.90 Å². The Balaban J connectivity index is 1.23. The predicted molar refractivity (Wildman–Crippen MR) is 137 cm³/mol. The zero-order chi connectivity index (χ0) is 23.9. The summed E-state index contributed by atoms with van der Waals surface area (Å²) in [6.07, 6.45) is 5.87. The van der Waals surface area contributed by atoms with E-state index in [0.29, 0.717) is 12.2 Å². The number of carbonyl (C=O) groups excluding carboxylic acids is 1. The summed E-state index contributed by atoms with van der Waals surface area (Å²) in [7, 11) is 0. The molecule has 1 fully saturated rings. The predicted octanol–water partition coefficient (Wildman–Crippen LogP) is 6.83. The molecular weight excluding hydrogens is 432 g/mol. The summed E-state index contributed by atoms with van der Waals surface area (Å²) in [5.74, 6) is 0.0680. The first-order valence-electron chi connectivity index (χ1n) is 12.5. The van der Waals surface area contributed by atoms with Crippen molar-refractivity contribution in [2.45, 2.75) is 50.6 Å². The molecule has 0 N–H and O–H groups in total. The molecule has 4 nitrogen and oxygen atoms in total. The lowest BCUT2D eigenvalue weighted by molar-refractivity contribution is 0.0539. The summed E-state index contributed by atoms with van der Waals surface area (Å²) in [5, 5.41) is 9.36. The molecule has 0 radical (unpaired) electrons. The van der Waals surface area contributed by atoms with E-state index in [1.807, 2.05) is 23.1 Å². The molecule has 4 heteroatoms. The van der Waals surface area contributed by atoms with Gasteiger partial charge in [-0.25, -0.2) is 4.79 Å². The summed E-state index contributed by atoms with van der Waals surface area (Å²) in [4.78, 5) is 15.4. The van der Waals surface area contributed by atoms with Crippen LogP contribution in [0.4, 0.5) is 4.79 Å². The number of nitrogens with zero attached hydrogens (tertiary/aromatic N) is 2. The molecule has 0 spiro atoms. The second-order valence-corrected chi connectivity index (χ2v) is 9.90. The number of piperidine rings is 1. The minimum Gasteiger partial charge on any atom is -0.448 e. The van der Waals surface area contributed by atoms with E-state index in [-0.39, 0.29) is 24.1 Å². The van der Waals surface area contributed by atoms with Crippen molar-refractivity contribution in [1.82, 2.24) is 4.90 Å². The number of benzene rings is 3. The summed E-state index contributed by atoms with van der Waals surface area (Å²) in [6.45, 7) is 2.44. The number of hydrogen-bond donors (Lipinski definition) is 0. The zero-order valence-electron chi connectivity index (χ0n) is 19.9. The van der Waals surface area contributed by atoms with Crippen LogP contribution in [0.1, 0.15) is 59.4 Å². The van der Waals surface area contributed by atoms with Gasteiger partial charge in [0.15, 0.2) is 0 Å². The normalized spacial score (nSPS) is 20.5. The first-order chi connectivity index (χ1) is 17.1. The van der Waals surface area contributed by atoms with E-state index in [4.69, 9.17) is 4.74 Å². The molecule has 2 atom stereocenters. The minimum absolute atomic E-state index is 0.0401. The smallest absolute Gasteiger partial charge is 0.410 e. The Morgan fingerprint density at radius 3 is 2.40 bits per heavy atom. The van der Waals surface area contributed by atoms with Crippen molar-refractivity contribution in [2.75, 3.05) is 6.61 Å². The van der Waals surface area contributed by atoms with E-state index in [9.17, 15) is 10.1 Å². The van der Waals surface area contributed by atoms with Crippen LogP contribution < -0.4 is 0 Å². The number of ether oxygens (including phenoxy) is 1. The van der Waals surface area contributed by atoms with Crippen molar-refractivity contribution in [1.29, 1.82) is 5.26 Å². The van der Waals surface area contributed by atoms with Crippen LogP contribution in [0.3, 0.4) is 0 Å². The monoisotopic (exact) mass is 460 g/mol. The fourth-order valence-corrected chi connectivity index (χ4v) is 6.22. The van der Waals surface area contributed by atoms with Gasteiger partial charge >= 0.3 is 6.09 Å². The van der Waals surface area contributed by atoms with Crippen LogP contribution in [0.25, 0.3) is 16.7 Å². The van der Waals surface area contributed by atoms with Crippen molar-refractivity contribution in [3.8, 4) is 17.2 Å². The number of aryl methyl sites for hydroxylation is 1. The highest BCUT2D eigenvalue weighted by Crippen LogP contribution is 2.45. The Morgan fingerprint density at radius 2 is 1.71 bits per heavy atom. The van der Waals surface area contributed by atoms with Crippen molar-refractivity contribution in [3.05, 3.63) is 101 Å². The van der Waals surface area contributed by atoms with Crippen LogP contribution in [0, 0.1) is 18.3 Å². The fourth-order valence-electron chi connectivity index (χ4n) is 6.22. The number of amides is 1. The largest absolute Gasteiger partial charge is 0.448 e. The second kappa shape index (κ2) is 8.74. The number of rotatable bonds is 3. The molecule has 0 saturated carbocycles. The molecule has 174 valence electrons. The highest BCUT2D eigenvalue weighted by molar-refractivity contribution is 5.79. The molecule has 0 aromatic heterocycles. The molecule has 2 bridgehead atoms. The van der Waals surface area contributed by atoms with E-state index < -0.39 is 0 Å². The van der Waals surface area contributed by atoms with Gasteiger partial charge in [-0.15, -0.1) is 0 Å². The topological polar surface area (TPSA) is 53.3 Å². The molecule has 2 unspecified atom stereocenters. The van der Waals surface area contributed by atoms with Gasteiger partial charge in [0.1, 0.15) is 6.61 Å². The average molecular weight is 461 g/mol. The van der Waals surface area contributed by atoms with Crippen molar-refractivity contribution < 1.29 is 9.53 Å². The molecule has 6 rings (SSSR count). The minimum atomic E-state index is -0.209. The molecule has 3 aromatic carbocycles. The van der Waals surface area contributed by atoms with Crippen LogP contribution in [0.15, 0.2) is 72.8 Å². The van der Waals surface area contributed by atoms with E-state index in [1.54, 1.807) is 0 Å². The Kier molecular flexibility index (Phi) is 5.41. The number of carbonyl (C=O) groups is 1. The van der Waals surface area contributed by atoms with Gasteiger partial charge in [-0.05, 0) is 83.7 Å². The highest BCUT2D eigenvalue weighted by Gasteiger charge is 2.39. The lowest BCUT2D eigenvalue weighted by Gasteiger charge is -2.44. The van der Waals surface area contributed by atoms with Crippen LogP contribution in [0.2, 0.25) is 0 Å². The van der Waals surface area contributed by atoms with Gasteiger partial charge in [-0.2, -0.15) is 5.26 Å². The van der Waals surface area contributed by atoms with Crippen LogP contribution in [-0.2, 0) is 4.74 Å². The summed E-state index contributed by atoms with van der Waals surface area (Å²) < 4.78 is 6.03. The van der Waals surface area contributed by atoms with Gasteiger partial charge in [0.25, 0.3) is 0 Å². The summed E-state index contributed by atoms with van der Waals surface area (Å²) in [5.41, 5.74) is 9.16. The Labute approximate surface area is 206 Å². The molecule has 3 aliphatic rings. The quantitative estimate of drug-likeness (QED) is 0.431. The zero-order valence-corrected chi connectivity index (χ0v) is 19.9. The molecular formula is C31H28N2O2. The van der Waals surface area contributed by atoms with Gasteiger partial charge in [0.05, 0.1) is 17.7 Å². The van der Waals surface area contributed by atoms with Crippen molar-refractivity contribution in [3.63, 3.8) is 0 Å². The van der Waals surface area contributed by atoms with Gasteiger partial charge < -0.3 is 4.74 Å². The number of nitriles is 1. The van der Waals surface area contributed by atoms with Gasteiger partial charge in [0, 0.05) is 12.0 Å². The first-order valence-corrected chi connectivity index (χ1v) is 12.5. The van der Waals surface area contributed by atoms with E-state index in [0.717, 1.165) is 31.2 Å². The molecule has 1 amide bonds. The third-order valence-electron chi connectivity index (χ3n) is 7.90. The van der Waals surface area contributed by atoms with Crippen LogP contribution >= 0.6 is 0 Å². The number of fused-ring (bicyclic) bond motifs is 5. The average Bonchev–Trinajstić information content (AvgIpc) is 3.20. The molecule has 1 saturated heterocycles. The van der Waals surface area contributed by atoms with Crippen molar-refractivity contribution >= 4 is 11.7 Å². The van der Waals surface area contributed by atoms with E-state index in [2.05, 4.69) is 67.6 Å². The molecule has 2 aliphatic heterocycles. The highest BCUT2D eigenvalue weighted by atomic mass is 16.6. The maximum Gasteiger partial charge on any atom is 0.410 e. The third kappa shape index (κ3) is 3.72. The maximum atomic E-state index is 13.4. The standard InChI is InChI=1S/C31H28N2O2/c1-20-13-14-21(18-32)15-29(20)22-16-23-7-6-8-24(17-22)33(23)31(34)35-19-30-27-11-4-2-9-25(27)26-10-3-5-12-28(26)30/h2-5,9-16,23-24,30H,6-8,17,19H2,1H3. The first kappa shape index (κ1) is 21.7. The van der Waals surface area contributed by atoms with Crippen LogP contribution in [-0.4, -0.2) is 29.7 Å². The van der Waals surface area contributed by atoms with Crippen LogP contribution in [0.5, 0.6) is 0 Å². The molecule has 35 heavy (non-hydrogen) atoms. The molecule has 2 heterocycles.